The van der Waals surface area contributed by atoms with E-state index in [0.29, 0.717) is 37.3 Å². The van der Waals surface area contributed by atoms with E-state index in [1.807, 2.05) is 20.8 Å². The first-order chi connectivity index (χ1) is 15.2. The normalized spacial score (nSPS) is 19.6. The molecule has 32 heavy (non-hydrogen) atoms. The largest absolute Gasteiger partial charge is 0.444 e. The highest BCUT2D eigenvalue weighted by molar-refractivity contribution is 5.74. The Hall–Kier alpha value is -2.74. The molecule has 0 N–H and O–H groups in total. The standard InChI is InChI=1S/C24H29F2N3O3/c1-24(2,3)32-23(30)28-11-9-16(10-12-28)18-7-8-19(22(26)21(18)25)17-14-27-29(15-17)20-6-4-5-13-31-20/h7-9,14-15,20H,4-6,10-13H2,1-3H3. The molecule has 0 spiro atoms. The van der Waals surface area contributed by atoms with Crippen LogP contribution in [0.15, 0.2) is 30.6 Å². The van der Waals surface area contributed by atoms with Crippen molar-refractivity contribution in [2.45, 2.75) is 58.3 Å². The molecule has 0 radical (unpaired) electrons. The minimum atomic E-state index is -0.901. The topological polar surface area (TPSA) is 56.6 Å². The van der Waals surface area contributed by atoms with Gasteiger partial charge in [0.25, 0.3) is 0 Å². The Labute approximate surface area is 186 Å². The number of amides is 1. The lowest BCUT2D eigenvalue weighted by molar-refractivity contribution is -0.0394. The highest BCUT2D eigenvalue weighted by Crippen LogP contribution is 2.32. The van der Waals surface area contributed by atoms with Crippen LogP contribution >= 0.6 is 0 Å². The first-order valence-corrected chi connectivity index (χ1v) is 11.0. The van der Waals surface area contributed by atoms with Crippen LogP contribution in [0.2, 0.25) is 0 Å². The summed E-state index contributed by atoms with van der Waals surface area (Å²) in [7, 11) is 0. The zero-order valence-electron chi connectivity index (χ0n) is 18.7. The van der Waals surface area contributed by atoms with Gasteiger partial charge in [0.05, 0.1) is 6.20 Å². The van der Waals surface area contributed by atoms with E-state index < -0.39 is 23.3 Å². The van der Waals surface area contributed by atoms with Gasteiger partial charge in [0.15, 0.2) is 11.6 Å². The fraction of sp³-hybridized carbons (Fsp3) is 0.500. The Morgan fingerprint density at radius 3 is 2.59 bits per heavy atom. The van der Waals surface area contributed by atoms with Crippen LogP contribution in [0.4, 0.5) is 13.6 Å². The van der Waals surface area contributed by atoms with Gasteiger partial charge >= 0.3 is 6.09 Å². The molecule has 2 aliphatic heterocycles. The van der Waals surface area contributed by atoms with E-state index in [2.05, 4.69) is 5.10 Å². The lowest BCUT2D eigenvalue weighted by atomic mass is 9.96. The number of halogens is 2. The predicted molar refractivity (Wildman–Crippen MR) is 117 cm³/mol. The van der Waals surface area contributed by atoms with E-state index >= 15 is 0 Å². The number of aromatic nitrogens is 2. The summed E-state index contributed by atoms with van der Waals surface area (Å²) in [6.45, 7) is 6.78. The fourth-order valence-corrected chi connectivity index (χ4v) is 3.99. The molecule has 6 nitrogen and oxygen atoms in total. The lowest BCUT2D eigenvalue weighted by Crippen LogP contribution is -2.39. The molecule has 2 aliphatic rings. The van der Waals surface area contributed by atoms with E-state index in [1.54, 1.807) is 34.0 Å². The van der Waals surface area contributed by atoms with Crippen LogP contribution in [0.5, 0.6) is 0 Å². The molecule has 172 valence electrons. The maximum atomic E-state index is 15.0. The van der Waals surface area contributed by atoms with Crippen molar-refractivity contribution in [3.8, 4) is 11.1 Å². The smallest absolute Gasteiger partial charge is 0.410 e. The molecule has 1 unspecified atom stereocenters. The Morgan fingerprint density at radius 2 is 1.94 bits per heavy atom. The van der Waals surface area contributed by atoms with Crippen molar-refractivity contribution in [3.63, 3.8) is 0 Å². The minimum Gasteiger partial charge on any atom is -0.444 e. The molecule has 0 bridgehead atoms. The summed E-state index contributed by atoms with van der Waals surface area (Å²) >= 11 is 0. The van der Waals surface area contributed by atoms with Gasteiger partial charge in [-0.25, -0.2) is 18.3 Å². The van der Waals surface area contributed by atoms with Gasteiger partial charge in [-0.1, -0.05) is 18.2 Å². The number of nitrogens with zero attached hydrogens (tertiary/aromatic N) is 3. The van der Waals surface area contributed by atoms with Crippen molar-refractivity contribution in [2.24, 2.45) is 0 Å². The Bertz CT molecular complexity index is 1020. The molecule has 8 heteroatoms. The van der Waals surface area contributed by atoms with Crippen molar-refractivity contribution in [3.05, 3.63) is 47.8 Å². The number of rotatable bonds is 3. The van der Waals surface area contributed by atoms with Crippen molar-refractivity contribution < 1.29 is 23.0 Å². The second-order valence-corrected chi connectivity index (χ2v) is 9.22. The van der Waals surface area contributed by atoms with Gasteiger partial charge in [0, 0.05) is 42.6 Å². The summed E-state index contributed by atoms with van der Waals surface area (Å²) in [6, 6.07) is 3.18. The molecule has 1 amide bonds. The zero-order chi connectivity index (χ0) is 22.9. The fourth-order valence-electron chi connectivity index (χ4n) is 3.99. The van der Waals surface area contributed by atoms with Crippen LogP contribution in [0.25, 0.3) is 16.7 Å². The molecule has 0 saturated carbocycles. The summed E-state index contributed by atoms with van der Waals surface area (Å²) in [5.74, 6) is -1.79. The summed E-state index contributed by atoms with van der Waals surface area (Å²) in [5, 5.41) is 4.29. The second-order valence-electron chi connectivity index (χ2n) is 9.22. The number of carbonyl (C=O) groups excluding carboxylic acids is 1. The summed E-state index contributed by atoms with van der Waals surface area (Å²) in [5.41, 5.74) is 0.997. The van der Waals surface area contributed by atoms with Crippen LogP contribution in [0.3, 0.4) is 0 Å². The number of hydrogen-bond donors (Lipinski definition) is 0. The average Bonchev–Trinajstić information content (AvgIpc) is 3.25. The van der Waals surface area contributed by atoms with Crippen LogP contribution < -0.4 is 0 Å². The van der Waals surface area contributed by atoms with E-state index in [0.717, 1.165) is 19.3 Å². The van der Waals surface area contributed by atoms with Crippen LogP contribution in [0.1, 0.15) is 58.2 Å². The predicted octanol–water partition coefficient (Wildman–Crippen LogP) is 5.55. The van der Waals surface area contributed by atoms with Crippen molar-refractivity contribution in [1.82, 2.24) is 14.7 Å². The van der Waals surface area contributed by atoms with Gasteiger partial charge in [-0.3, -0.25) is 0 Å². The molecular formula is C24H29F2N3O3. The first-order valence-electron chi connectivity index (χ1n) is 11.0. The van der Waals surface area contributed by atoms with Crippen molar-refractivity contribution >= 4 is 11.7 Å². The van der Waals surface area contributed by atoms with E-state index in [4.69, 9.17) is 9.47 Å². The second kappa shape index (κ2) is 9.02. The first kappa shape index (κ1) is 22.5. The third-order valence-corrected chi connectivity index (χ3v) is 5.65. The van der Waals surface area contributed by atoms with Crippen molar-refractivity contribution in [2.75, 3.05) is 19.7 Å². The molecule has 0 aliphatic carbocycles. The molecule has 2 aromatic rings. The Balaban J connectivity index is 1.50. The number of hydrogen-bond acceptors (Lipinski definition) is 4. The number of ether oxygens (including phenoxy) is 2. The van der Waals surface area contributed by atoms with Crippen LogP contribution in [0, 0.1) is 11.6 Å². The average molecular weight is 446 g/mol. The van der Waals surface area contributed by atoms with Gasteiger partial charge in [0.1, 0.15) is 11.8 Å². The highest BCUT2D eigenvalue weighted by Gasteiger charge is 2.26. The SMILES string of the molecule is CC(C)(C)OC(=O)N1CC=C(c2ccc(-c3cnn(C4CCCCO4)c3)c(F)c2F)CC1. The van der Waals surface area contributed by atoms with E-state index in [-0.39, 0.29) is 17.4 Å². The molecule has 1 atom stereocenters. The van der Waals surface area contributed by atoms with Gasteiger partial charge in [-0.05, 0) is 52.0 Å². The third-order valence-electron chi connectivity index (χ3n) is 5.65. The summed E-state index contributed by atoms with van der Waals surface area (Å²) in [6.07, 6.45) is 7.77. The van der Waals surface area contributed by atoms with Gasteiger partial charge < -0.3 is 14.4 Å². The van der Waals surface area contributed by atoms with E-state index in [1.165, 1.54) is 6.20 Å². The molecule has 3 heterocycles. The molecule has 4 rings (SSSR count). The minimum absolute atomic E-state index is 0.162. The summed E-state index contributed by atoms with van der Waals surface area (Å²) in [4.78, 5) is 13.8. The Morgan fingerprint density at radius 1 is 1.19 bits per heavy atom. The van der Waals surface area contributed by atoms with Gasteiger partial charge in [0.2, 0.25) is 0 Å². The lowest BCUT2D eigenvalue weighted by Gasteiger charge is -2.29. The van der Waals surface area contributed by atoms with Gasteiger partial charge in [-0.15, -0.1) is 0 Å². The molecule has 1 aromatic heterocycles. The van der Waals surface area contributed by atoms with Crippen LogP contribution in [-0.2, 0) is 9.47 Å². The molecule has 1 saturated heterocycles. The monoisotopic (exact) mass is 445 g/mol. The Kier molecular flexibility index (Phi) is 6.33. The number of benzene rings is 1. The highest BCUT2D eigenvalue weighted by atomic mass is 19.2. The molecule has 1 fully saturated rings. The third kappa shape index (κ3) is 4.85. The van der Waals surface area contributed by atoms with Crippen LogP contribution in [-0.4, -0.2) is 46.1 Å². The van der Waals surface area contributed by atoms with E-state index in [9.17, 15) is 13.6 Å². The number of carbonyl (C=O) groups is 1. The summed E-state index contributed by atoms with van der Waals surface area (Å²) < 4.78 is 42.7. The van der Waals surface area contributed by atoms with Gasteiger partial charge in [-0.2, -0.15) is 5.10 Å². The molecule has 1 aromatic carbocycles. The zero-order valence-corrected chi connectivity index (χ0v) is 18.7. The molecular weight excluding hydrogens is 416 g/mol. The quantitative estimate of drug-likeness (QED) is 0.621. The maximum absolute atomic E-state index is 15.0. The maximum Gasteiger partial charge on any atom is 0.410 e. The van der Waals surface area contributed by atoms with Crippen molar-refractivity contribution in [1.29, 1.82) is 0 Å².